The lowest BCUT2D eigenvalue weighted by Gasteiger charge is -2.28. The van der Waals surface area contributed by atoms with E-state index in [0.29, 0.717) is 5.41 Å². The van der Waals surface area contributed by atoms with Crippen molar-refractivity contribution in [2.24, 2.45) is 23.2 Å². The van der Waals surface area contributed by atoms with Crippen molar-refractivity contribution in [2.75, 3.05) is 32.7 Å². The average molecular weight is 254 g/mol. The molecule has 0 amide bonds. The molecule has 108 valence electrons. The molecule has 0 aromatic rings. The van der Waals surface area contributed by atoms with Crippen LogP contribution in [0.15, 0.2) is 0 Å². The molecular weight excluding hydrogens is 220 g/mol. The highest BCUT2D eigenvalue weighted by Crippen LogP contribution is 2.33. The summed E-state index contributed by atoms with van der Waals surface area (Å²) in [5.41, 5.74) is 0.480. The Morgan fingerprint density at radius 2 is 1.83 bits per heavy atom. The van der Waals surface area contributed by atoms with Gasteiger partial charge in [-0.05, 0) is 49.2 Å². The smallest absolute Gasteiger partial charge is 0.00193 e. The molecule has 1 rings (SSSR count). The summed E-state index contributed by atoms with van der Waals surface area (Å²) in [4.78, 5) is 2.66. The molecule has 0 aromatic heterocycles. The van der Waals surface area contributed by atoms with E-state index in [9.17, 15) is 0 Å². The quantitative estimate of drug-likeness (QED) is 0.783. The van der Waals surface area contributed by atoms with Gasteiger partial charge in [0.15, 0.2) is 0 Å². The second kappa shape index (κ2) is 6.91. The van der Waals surface area contributed by atoms with E-state index in [1.807, 2.05) is 0 Å². The molecule has 1 aliphatic heterocycles. The maximum Gasteiger partial charge on any atom is 0.00193 e. The van der Waals surface area contributed by atoms with Gasteiger partial charge in [0.2, 0.25) is 0 Å². The van der Waals surface area contributed by atoms with Crippen molar-refractivity contribution in [3.05, 3.63) is 0 Å². The van der Waals surface area contributed by atoms with Gasteiger partial charge in [-0.3, -0.25) is 0 Å². The van der Waals surface area contributed by atoms with Crippen LogP contribution in [-0.4, -0.2) is 37.6 Å². The highest BCUT2D eigenvalue weighted by molar-refractivity contribution is 4.84. The number of rotatable bonds is 6. The van der Waals surface area contributed by atoms with Crippen LogP contribution in [-0.2, 0) is 0 Å². The lowest BCUT2D eigenvalue weighted by Crippen LogP contribution is -2.34. The zero-order chi connectivity index (χ0) is 13.8. The van der Waals surface area contributed by atoms with E-state index in [2.05, 4.69) is 51.8 Å². The van der Waals surface area contributed by atoms with Crippen LogP contribution in [0, 0.1) is 23.2 Å². The Labute approximate surface area is 115 Å². The van der Waals surface area contributed by atoms with Crippen LogP contribution in [0.25, 0.3) is 0 Å². The first-order valence-electron chi connectivity index (χ1n) is 7.72. The molecule has 1 fully saturated rings. The van der Waals surface area contributed by atoms with Gasteiger partial charge < -0.3 is 10.2 Å². The molecule has 2 nitrogen and oxygen atoms in total. The third kappa shape index (κ3) is 5.71. The van der Waals surface area contributed by atoms with E-state index < -0.39 is 0 Å². The van der Waals surface area contributed by atoms with Crippen LogP contribution in [0.3, 0.4) is 0 Å². The van der Waals surface area contributed by atoms with E-state index in [1.165, 1.54) is 26.1 Å². The van der Waals surface area contributed by atoms with E-state index in [4.69, 9.17) is 0 Å². The predicted octanol–water partition coefficient (Wildman–Crippen LogP) is 3.24. The maximum atomic E-state index is 3.57. The first kappa shape index (κ1) is 16.0. The number of hydrogen-bond donors (Lipinski definition) is 1. The van der Waals surface area contributed by atoms with Crippen molar-refractivity contribution in [3.8, 4) is 0 Å². The number of hydrogen-bond acceptors (Lipinski definition) is 2. The van der Waals surface area contributed by atoms with Crippen molar-refractivity contribution in [3.63, 3.8) is 0 Å². The second-order valence-electron chi connectivity index (χ2n) is 7.77. The van der Waals surface area contributed by atoms with Crippen LogP contribution >= 0.6 is 0 Å². The second-order valence-corrected chi connectivity index (χ2v) is 7.77. The molecule has 0 radical (unpaired) electrons. The minimum atomic E-state index is 0.480. The van der Waals surface area contributed by atoms with Gasteiger partial charge in [-0.15, -0.1) is 0 Å². The Bertz CT molecular complexity index is 230. The first-order valence-corrected chi connectivity index (χ1v) is 7.72. The van der Waals surface area contributed by atoms with Gasteiger partial charge in [-0.1, -0.05) is 41.5 Å². The van der Waals surface area contributed by atoms with Gasteiger partial charge >= 0.3 is 0 Å². The summed E-state index contributed by atoms with van der Waals surface area (Å²) >= 11 is 0. The fourth-order valence-electron chi connectivity index (χ4n) is 2.83. The van der Waals surface area contributed by atoms with Crippen LogP contribution in [0.5, 0.6) is 0 Å². The van der Waals surface area contributed by atoms with Gasteiger partial charge in [0.1, 0.15) is 0 Å². The van der Waals surface area contributed by atoms with Gasteiger partial charge in [0, 0.05) is 13.1 Å². The van der Waals surface area contributed by atoms with Gasteiger partial charge in [0.25, 0.3) is 0 Å². The third-order valence-electron chi connectivity index (χ3n) is 4.11. The molecule has 1 saturated heterocycles. The predicted molar refractivity (Wildman–Crippen MR) is 80.9 cm³/mol. The van der Waals surface area contributed by atoms with E-state index in [-0.39, 0.29) is 0 Å². The van der Waals surface area contributed by atoms with Crippen LogP contribution in [0.4, 0.5) is 0 Å². The topological polar surface area (TPSA) is 15.3 Å². The maximum absolute atomic E-state index is 3.57. The average Bonchev–Trinajstić information content (AvgIpc) is 2.64. The molecular formula is C16H34N2. The van der Waals surface area contributed by atoms with Crippen molar-refractivity contribution >= 4 is 0 Å². The summed E-state index contributed by atoms with van der Waals surface area (Å²) in [6.45, 7) is 20.2. The molecule has 2 atom stereocenters. The SMILES string of the molecule is CC(C)CNCC(C)CN1CCC(C(C)(C)C)C1. The molecule has 2 unspecified atom stereocenters. The number of nitrogens with zero attached hydrogens (tertiary/aromatic N) is 1. The van der Waals surface area contributed by atoms with Gasteiger partial charge in [0.05, 0.1) is 0 Å². The lowest BCUT2D eigenvalue weighted by atomic mass is 9.80. The zero-order valence-corrected chi connectivity index (χ0v) is 13.4. The van der Waals surface area contributed by atoms with Crippen LogP contribution in [0.2, 0.25) is 0 Å². The van der Waals surface area contributed by atoms with Gasteiger partial charge in [-0.25, -0.2) is 0 Å². The van der Waals surface area contributed by atoms with Crippen molar-refractivity contribution in [2.45, 2.75) is 48.0 Å². The molecule has 1 aliphatic rings. The third-order valence-corrected chi connectivity index (χ3v) is 4.11. The van der Waals surface area contributed by atoms with Crippen molar-refractivity contribution in [1.82, 2.24) is 10.2 Å². The van der Waals surface area contributed by atoms with E-state index >= 15 is 0 Å². The Balaban J connectivity index is 2.20. The minimum absolute atomic E-state index is 0.480. The number of nitrogens with one attached hydrogen (secondary N) is 1. The van der Waals surface area contributed by atoms with E-state index in [1.54, 1.807) is 0 Å². The van der Waals surface area contributed by atoms with E-state index in [0.717, 1.165) is 30.8 Å². The normalized spacial score (nSPS) is 23.8. The Morgan fingerprint density at radius 1 is 1.17 bits per heavy atom. The molecule has 0 bridgehead atoms. The number of likely N-dealkylation sites (tertiary alicyclic amines) is 1. The summed E-state index contributed by atoms with van der Waals surface area (Å²) in [6, 6.07) is 0. The van der Waals surface area contributed by atoms with Crippen LogP contribution < -0.4 is 5.32 Å². The fourth-order valence-corrected chi connectivity index (χ4v) is 2.83. The summed E-state index contributed by atoms with van der Waals surface area (Å²) in [5, 5.41) is 3.57. The Kier molecular flexibility index (Phi) is 6.13. The van der Waals surface area contributed by atoms with Crippen LogP contribution in [0.1, 0.15) is 48.0 Å². The summed E-state index contributed by atoms with van der Waals surface area (Å²) < 4.78 is 0. The largest absolute Gasteiger partial charge is 0.316 e. The van der Waals surface area contributed by atoms with Crippen molar-refractivity contribution in [1.29, 1.82) is 0 Å². The molecule has 1 heterocycles. The van der Waals surface area contributed by atoms with Gasteiger partial charge in [-0.2, -0.15) is 0 Å². The Morgan fingerprint density at radius 3 is 2.33 bits per heavy atom. The minimum Gasteiger partial charge on any atom is -0.316 e. The summed E-state index contributed by atoms with van der Waals surface area (Å²) in [6.07, 6.45) is 1.38. The molecule has 0 saturated carbocycles. The summed E-state index contributed by atoms with van der Waals surface area (Å²) in [5.74, 6) is 2.41. The Hall–Kier alpha value is -0.0800. The lowest BCUT2D eigenvalue weighted by molar-refractivity contribution is 0.215. The fraction of sp³-hybridized carbons (Fsp3) is 1.00. The molecule has 0 spiro atoms. The highest BCUT2D eigenvalue weighted by atomic mass is 15.1. The standard InChI is InChI=1S/C16H34N2/c1-13(2)9-17-10-14(3)11-18-8-7-15(12-18)16(4,5)6/h13-15,17H,7-12H2,1-6H3. The molecule has 18 heavy (non-hydrogen) atoms. The monoisotopic (exact) mass is 254 g/mol. The molecule has 0 aromatic carbocycles. The zero-order valence-electron chi connectivity index (χ0n) is 13.4. The molecule has 1 N–H and O–H groups in total. The highest BCUT2D eigenvalue weighted by Gasteiger charge is 2.31. The molecule has 0 aliphatic carbocycles. The first-order chi connectivity index (χ1) is 8.29. The van der Waals surface area contributed by atoms with Crippen molar-refractivity contribution < 1.29 is 0 Å². The molecule has 2 heteroatoms. The summed E-state index contributed by atoms with van der Waals surface area (Å²) in [7, 11) is 0.